The van der Waals surface area contributed by atoms with Crippen molar-refractivity contribution in [2.24, 2.45) is 5.41 Å². The molecule has 2 aromatic rings. The Morgan fingerprint density at radius 3 is 2.70 bits per heavy atom. The molecule has 2 saturated heterocycles. The number of carbonyl (C=O) groups excluding carboxylic acids is 2. The average Bonchev–Trinajstić information content (AvgIpc) is 3.42. The maximum Gasteiger partial charge on any atom is 0.312 e. The van der Waals surface area contributed by atoms with Crippen LogP contribution in [0.5, 0.6) is 0 Å². The summed E-state index contributed by atoms with van der Waals surface area (Å²) in [7, 11) is 0. The maximum atomic E-state index is 13.0. The number of rotatable bonds is 3. The number of aromatic amines is 1. The first kappa shape index (κ1) is 22.8. The Morgan fingerprint density at radius 2 is 2.00 bits per heavy atom. The van der Waals surface area contributed by atoms with Crippen molar-refractivity contribution in [3.8, 4) is 0 Å². The number of fused-ring (bicyclic) bond motifs is 1. The number of amides is 1. The van der Waals surface area contributed by atoms with Crippen LogP contribution in [0, 0.1) is 5.41 Å². The zero-order valence-electron chi connectivity index (χ0n) is 18.4. The molecule has 3 aliphatic rings. The number of H-pyrrole nitrogens is 1. The van der Waals surface area contributed by atoms with Crippen LogP contribution in [-0.2, 0) is 33.7 Å². The third-order valence-electron chi connectivity index (χ3n) is 6.88. The van der Waals surface area contributed by atoms with Gasteiger partial charge < -0.3 is 24.3 Å². The number of piperidine rings is 1. The van der Waals surface area contributed by atoms with E-state index in [9.17, 15) is 14.4 Å². The summed E-state index contributed by atoms with van der Waals surface area (Å²) in [5, 5.41) is 6.89. The first-order valence-electron chi connectivity index (χ1n) is 11.2. The minimum Gasteiger partial charge on any atom is -0.483 e. The summed E-state index contributed by atoms with van der Waals surface area (Å²) in [5.74, 6) is -0.396. The molecule has 1 aliphatic carbocycles. The lowest BCUT2D eigenvalue weighted by Gasteiger charge is -2.36. The van der Waals surface area contributed by atoms with Crippen molar-refractivity contribution in [1.82, 2.24) is 19.4 Å². The van der Waals surface area contributed by atoms with Gasteiger partial charge in [0, 0.05) is 37.6 Å². The normalized spacial score (nSPS) is 21.0. The zero-order chi connectivity index (χ0) is 23.4. The van der Waals surface area contributed by atoms with Crippen LogP contribution in [0.15, 0.2) is 29.6 Å². The largest absolute Gasteiger partial charge is 0.483 e. The van der Waals surface area contributed by atoms with E-state index >= 15 is 0 Å². The second kappa shape index (κ2) is 9.60. The van der Waals surface area contributed by atoms with E-state index in [0.29, 0.717) is 38.9 Å². The molecule has 0 bridgehead atoms. The lowest BCUT2D eigenvalue weighted by molar-refractivity contribution is -0.150. The lowest BCUT2D eigenvalue weighted by Crippen LogP contribution is -2.46. The van der Waals surface area contributed by atoms with Crippen LogP contribution in [0.1, 0.15) is 53.7 Å². The van der Waals surface area contributed by atoms with Gasteiger partial charge in [-0.05, 0) is 50.2 Å². The standard InChI is InChI=1S/C22H26N4O4.CH2O2/c27-19-17(11-15-3-1-2-4-18(15)24-19)20(28)26-8-5-22(6-9-26)12-16(30-21(22)29)13-25-10-7-23-14-25;2-1-3/h7,10-11,14,16H,1-6,8-9,12-13H2,(H,24,27);1H,(H,2,3). The van der Waals surface area contributed by atoms with Gasteiger partial charge in [-0.25, -0.2) is 4.98 Å². The van der Waals surface area contributed by atoms with Gasteiger partial charge in [-0.1, -0.05) is 0 Å². The fourth-order valence-electron chi connectivity index (χ4n) is 5.12. The van der Waals surface area contributed by atoms with E-state index in [1.807, 2.05) is 10.8 Å². The summed E-state index contributed by atoms with van der Waals surface area (Å²) in [5.41, 5.74) is 1.45. The van der Waals surface area contributed by atoms with Gasteiger partial charge in [0.05, 0.1) is 18.3 Å². The van der Waals surface area contributed by atoms with Crippen LogP contribution in [0.25, 0.3) is 0 Å². The number of hydrogen-bond donors (Lipinski definition) is 2. The number of ether oxygens (including phenoxy) is 1. The number of esters is 1. The molecule has 2 aliphatic heterocycles. The molecular weight excluding hydrogens is 428 g/mol. The van der Waals surface area contributed by atoms with Gasteiger partial charge in [0.2, 0.25) is 0 Å². The molecule has 1 amide bonds. The van der Waals surface area contributed by atoms with E-state index < -0.39 is 5.41 Å². The van der Waals surface area contributed by atoms with Gasteiger partial charge in [0.1, 0.15) is 11.7 Å². The number of pyridine rings is 1. The second-order valence-electron chi connectivity index (χ2n) is 8.89. The van der Waals surface area contributed by atoms with E-state index in [0.717, 1.165) is 36.9 Å². The molecule has 0 saturated carbocycles. The molecule has 33 heavy (non-hydrogen) atoms. The van der Waals surface area contributed by atoms with Gasteiger partial charge in [-0.3, -0.25) is 19.2 Å². The topological polar surface area (TPSA) is 135 Å². The lowest BCUT2D eigenvalue weighted by atomic mass is 9.76. The minimum atomic E-state index is -0.524. The smallest absolute Gasteiger partial charge is 0.312 e. The minimum absolute atomic E-state index is 0.161. The Kier molecular flexibility index (Phi) is 6.62. The van der Waals surface area contributed by atoms with E-state index in [4.69, 9.17) is 14.6 Å². The molecule has 10 heteroatoms. The Labute approximate surface area is 190 Å². The van der Waals surface area contributed by atoms with Crippen molar-refractivity contribution < 1.29 is 24.2 Å². The number of likely N-dealkylation sites (tertiary alicyclic amines) is 1. The Hall–Kier alpha value is -3.43. The Bertz CT molecular complexity index is 1070. The number of nitrogens with zero attached hydrogens (tertiary/aromatic N) is 3. The zero-order valence-corrected chi connectivity index (χ0v) is 18.4. The summed E-state index contributed by atoms with van der Waals surface area (Å²) in [6.45, 7) is 1.27. The molecular formula is C23H28N4O6. The van der Waals surface area contributed by atoms with Gasteiger partial charge in [-0.2, -0.15) is 0 Å². The highest BCUT2D eigenvalue weighted by Gasteiger charge is 2.51. The van der Waals surface area contributed by atoms with Crippen molar-refractivity contribution >= 4 is 18.3 Å². The highest BCUT2D eigenvalue weighted by atomic mass is 16.6. The molecule has 0 aromatic carbocycles. The number of carboxylic acid groups (broad SMARTS) is 1. The quantitative estimate of drug-likeness (QED) is 0.526. The van der Waals surface area contributed by atoms with Crippen LogP contribution in [0.4, 0.5) is 0 Å². The molecule has 5 rings (SSSR count). The Morgan fingerprint density at radius 1 is 1.27 bits per heavy atom. The summed E-state index contributed by atoms with van der Waals surface area (Å²) >= 11 is 0. The van der Waals surface area contributed by atoms with E-state index in [2.05, 4.69) is 9.97 Å². The summed E-state index contributed by atoms with van der Waals surface area (Å²) < 4.78 is 7.56. The van der Waals surface area contributed by atoms with Crippen molar-refractivity contribution in [2.45, 2.75) is 57.6 Å². The van der Waals surface area contributed by atoms with Crippen molar-refractivity contribution in [3.05, 3.63) is 52.0 Å². The number of nitrogens with one attached hydrogen (secondary N) is 1. The number of cyclic esters (lactones) is 1. The van der Waals surface area contributed by atoms with E-state index in [1.165, 1.54) is 0 Å². The van der Waals surface area contributed by atoms with Crippen LogP contribution in [0.3, 0.4) is 0 Å². The number of hydrogen-bond acceptors (Lipinski definition) is 6. The highest BCUT2D eigenvalue weighted by molar-refractivity contribution is 5.94. The molecule has 1 spiro atoms. The van der Waals surface area contributed by atoms with Crippen LogP contribution in [0.2, 0.25) is 0 Å². The number of imidazole rings is 1. The van der Waals surface area contributed by atoms with Crippen LogP contribution >= 0.6 is 0 Å². The summed E-state index contributed by atoms with van der Waals surface area (Å²) in [4.78, 5) is 55.2. The third kappa shape index (κ3) is 4.69. The predicted molar refractivity (Wildman–Crippen MR) is 117 cm³/mol. The highest BCUT2D eigenvalue weighted by Crippen LogP contribution is 2.43. The molecule has 10 nitrogen and oxygen atoms in total. The summed E-state index contributed by atoms with van der Waals surface area (Å²) in [6, 6.07) is 1.78. The molecule has 2 fully saturated rings. The Balaban J connectivity index is 0.000000821. The summed E-state index contributed by atoms with van der Waals surface area (Å²) in [6.07, 6.45) is 10.8. The second-order valence-corrected chi connectivity index (χ2v) is 8.89. The SMILES string of the molecule is O=C(c1cc2c([nH]c1=O)CCCC2)N1CCC2(CC1)CC(Cn1ccnc1)OC2=O.O=CO. The van der Waals surface area contributed by atoms with Gasteiger partial charge >= 0.3 is 5.97 Å². The van der Waals surface area contributed by atoms with Crippen LogP contribution in [-0.4, -0.2) is 62.1 Å². The first-order valence-corrected chi connectivity index (χ1v) is 11.2. The molecule has 1 atom stereocenters. The van der Waals surface area contributed by atoms with Gasteiger partial charge in [-0.15, -0.1) is 0 Å². The molecule has 0 radical (unpaired) electrons. The molecule has 2 aromatic heterocycles. The maximum absolute atomic E-state index is 13.0. The van der Waals surface area contributed by atoms with E-state index in [-0.39, 0.29) is 35.6 Å². The molecule has 2 N–H and O–H groups in total. The number of aryl methyl sites for hydroxylation is 2. The fraction of sp³-hybridized carbons (Fsp3) is 0.522. The molecule has 176 valence electrons. The molecule has 4 heterocycles. The fourth-order valence-corrected chi connectivity index (χ4v) is 5.12. The van der Waals surface area contributed by atoms with Crippen molar-refractivity contribution in [1.29, 1.82) is 0 Å². The average molecular weight is 456 g/mol. The monoisotopic (exact) mass is 456 g/mol. The third-order valence-corrected chi connectivity index (χ3v) is 6.88. The first-order chi connectivity index (χ1) is 16.0. The number of aromatic nitrogens is 3. The van der Waals surface area contributed by atoms with Crippen LogP contribution < -0.4 is 5.56 Å². The van der Waals surface area contributed by atoms with Crippen molar-refractivity contribution in [3.63, 3.8) is 0 Å². The number of carbonyl (C=O) groups is 3. The van der Waals surface area contributed by atoms with Gasteiger partial charge in [0.25, 0.3) is 17.9 Å². The van der Waals surface area contributed by atoms with E-state index in [1.54, 1.807) is 23.5 Å². The predicted octanol–water partition coefficient (Wildman–Crippen LogP) is 1.39. The van der Waals surface area contributed by atoms with Gasteiger partial charge in [0.15, 0.2) is 0 Å². The van der Waals surface area contributed by atoms with Crippen molar-refractivity contribution in [2.75, 3.05) is 13.1 Å². The molecule has 1 unspecified atom stereocenters.